The third-order valence-corrected chi connectivity index (χ3v) is 3.47. The summed E-state index contributed by atoms with van der Waals surface area (Å²) in [5, 5.41) is 1.09. The second-order valence-corrected chi connectivity index (χ2v) is 6.85. The average molecular weight is 349 g/mol. The van der Waals surface area contributed by atoms with E-state index in [0.29, 0.717) is 6.42 Å². The molecule has 0 aromatic heterocycles. The molecule has 1 rings (SSSR count). The zero-order valence-electron chi connectivity index (χ0n) is 15.7. The van der Waals surface area contributed by atoms with Crippen LogP contribution in [0.5, 0.6) is 0 Å². The molecule has 0 aliphatic heterocycles. The Morgan fingerprint density at radius 3 is 2.16 bits per heavy atom. The molecular weight excluding hydrogens is 322 g/mol. The molecule has 1 atom stereocenters. The van der Waals surface area contributed by atoms with Crippen molar-refractivity contribution >= 4 is 17.9 Å². The molecule has 0 saturated heterocycles. The van der Waals surface area contributed by atoms with Gasteiger partial charge in [0.2, 0.25) is 5.91 Å². The van der Waals surface area contributed by atoms with Crippen LogP contribution in [0.4, 0.5) is 4.79 Å². The summed E-state index contributed by atoms with van der Waals surface area (Å²) >= 11 is 0. The first kappa shape index (κ1) is 20.5. The first-order valence-electron chi connectivity index (χ1n) is 8.06. The van der Waals surface area contributed by atoms with Crippen LogP contribution in [0.25, 0.3) is 0 Å². The Bertz CT molecular complexity index is 610. The number of hydrogen-bond acceptors (Lipinski definition) is 4. The van der Waals surface area contributed by atoms with Gasteiger partial charge in [0.1, 0.15) is 11.6 Å². The molecule has 138 valence electrons. The number of ether oxygens (including phenoxy) is 1. The van der Waals surface area contributed by atoms with E-state index in [-0.39, 0.29) is 5.91 Å². The van der Waals surface area contributed by atoms with E-state index in [1.807, 2.05) is 30.3 Å². The van der Waals surface area contributed by atoms with E-state index in [9.17, 15) is 14.4 Å². The van der Waals surface area contributed by atoms with Gasteiger partial charge in [-0.2, -0.15) is 0 Å². The van der Waals surface area contributed by atoms with Crippen LogP contribution in [-0.4, -0.2) is 53.6 Å². The number of carbonyl (C=O) groups excluding carboxylic acids is 3. The summed E-state index contributed by atoms with van der Waals surface area (Å²) in [7, 11) is 2.96. The number of amides is 3. The highest BCUT2D eigenvalue weighted by molar-refractivity contribution is 5.87. The Morgan fingerprint density at radius 1 is 1.12 bits per heavy atom. The molecule has 0 bridgehead atoms. The molecule has 25 heavy (non-hydrogen) atoms. The highest BCUT2D eigenvalue weighted by Crippen LogP contribution is 2.14. The summed E-state index contributed by atoms with van der Waals surface area (Å²) in [6.07, 6.45) is -0.303. The Hall–Kier alpha value is -2.57. The van der Waals surface area contributed by atoms with Gasteiger partial charge in [0.15, 0.2) is 0 Å². The van der Waals surface area contributed by atoms with Crippen molar-refractivity contribution < 1.29 is 19.1 Å². The predicted octanol–water partition coefficient (Wildman–Crippen LogP) is 1.97. The minimum Gasteiger partial charge on any atom is -0.444 e. The zero-order valence-corrected chi connectivity index (χ0v) is 15.7. The summed E-state index contributed by atoms with van der Waals surface area (Å²) in [6.45, 7) is 6.61. The molecular formula is C18H27N3O4. The summed E-state index contributed by atoms with van der Waals surface area (Å²) in [4.78, 5) is 37.6. The van der Waals surface area contributed by atoms with Crippen molar-refractivity contribution in [2.75, 3.05) is 14.1 Å². The molecule has 0 fully saturated rings. The van der Waals surface area contributed by atoms with Crippen molar-refractivity contribution in [3.8, 4) is 0 Å². The smallest absolute Gasteiger partial charge is 0.410 e. The Morgan fingerprint density at radius 2 is 1.68 bits per heavy atom. The maximum Gasteiger partial charge on any atom is 0.410 e. The van der Waals surface area contributed by atoms with Gasteiger partial charge in [-0.15, -0.1) is 0 Å². The number of hydrogen-bond donors (Lipinski definition) is 1. The van der Waals surface area contributed by atoms with Crippen LogP contribution in [0.15, 0.2) is 30.3 Å². The van der Waals surface area contributed by atoms with Crippen LogP contribution in [0.2, 0.25) is 0 Å². The van der Waals surface area contributed by atoms with E-state index < -0.39 is 23.6 Å². The highest BCUT2D eigenvalue weighted by atomic mass is 16.6. The fourth-order valence-electron chi connectivity index (χ4n) is 2.02. The van der Waals surface area contributed by atoms with Gasteiger partial charge in [0.05, 0.1) is 0 Å². The number of nitrogens with zero attached hydrogens (tertiary/aromatic N) is 2. The molecule has 0 spiro atoms. The van der Waals surface area contributed by atoms with E-state index >= 15 is 0 Å². The second-order valence-electron chi connectivity index (χ2n) is 6.85. The molecule has 7 heteroatoms. The lowest BCUT2D eigenvalue weighted by Gasteiger charge is -2.31. The van der Waals surface area contributed by atoms with Crippen LogP contribution in [0, 0.1) is 0 Å². The Balaban J connectivity index is 2.99. The largest absolute Gasteiger partial charge is 0.444 e. The van der Waals surface area contributed by atoms with Crippen LogP contribution in [-0.2, 0) is 20.7 Å². The van der Waals surface area contributed by atoms with Gasteiger partial charge in [0.25, 0.3) is 5.91 Å². The molecule has 1 N–H and O–H groups in total. The molecule has 7 nitrogen and oxygen atoms in total. The van der Waals surface area contributed by atoms with Crippen molar-refractivity contribution in [3.05, 3.63) is 35.9 Å². The molecule has 0 saturated carbocycles. The monoisotopic (exact) mass is 349 g/mol. The second kappa shape index (κ2) is 8.50. The Labute approximate surface area is 148 Å². The molecule has 0 aliphatic rings. The SMILES string of the molecule is CC(=O)N(C)NC(=O)C(Cc1ccccc1)N(C)C(=O)OC(C)(C)C. The first-order valence-corrected chi connectivity index (χ1v) is 8.06. The fraction of sp³-hybridized carbons (Fsp3) is 0.500. The van der Waals surface area contributed by atoms with E-state index in [0.717, 1.165) is 10.6 Å². The summed E-state index contributed by atoms with van der Waals surface area (Å²) in [5.74, 6) is -0.776. The van der Waals surface area contributed by atoms with Crippen molar-refractivity contribution in [1.82, 2.24) is 15.3 Å². The number of nitrogens with one attached hydrogen (secondary N) is 1. The minimum atomic E-state index is -0.820. The van der Waals surface area contributed by atoms with Gasteiger partial charge >= 0.3 is 6.09 Å². The maximum absolute atomic E-state index is 12.6. The van der Waals surface area contributed by atoms with Crippen LogP contribution in [0.1, 0.15) is 33.3 Å². The summed E-state index contributed by atoms with van der Waals surface area (Å²) in [6, 6.07) is 8.52. The molecule has 1 unspecified atom stereocenters. The van der Waals surface area contributed by atoms with Crippen molar-refractivity contribution in [2.24, 2.45) is 0 Å². The first-order chi connectivity index (χ1) is 11.5. The number of likely N-dealkylation sites (N-methyl/N-ethyl adjacent to an activating group) is 1. The lowest BCUT2D eigenvalue weighted by molar-refractivity contribution is -0.140. The van der Waals surface area contributed by atoms with Crippen LogP contribution >= 0.6 is 0 Å². The number of hydrazine groups is 1. The third kappa shape index (κ3) is 6.82. The molecule has 1 aromatic rings. The van der Waals surface area contributed by atoms with E-state index in [2.05, 4.69) is 5.43 Å². The normalized spacial score (nSPS) is 12.1. The van der Waals surface area contributed by atoms with Crippen LogP contribution in [0.3, 0.4) is 0 Å². The van der Waals surface area contributed by atoms with Gasteiger partial charge in [-0.3, -0.25) is 24.9 Å². The maximum atomic E-state index is 12.6. The van der Waals surface area contributed by atoms with Gasteiger partial charge in [0, 0.05) is 27.4 Å². The lowest BCUT2D eigenvalue weighted by Crippen LogP contribution is -2.54. The standard InChI is InChI=1S/C18H27N3O4/c1-13(22)21(6)19-16(23)15(12-14-10-8-7-9-11-14)20(5)17(24)25-18(2,3)4/h7-11,15H,12H2,1-6H3,(H,19,23). The van der Waals surface area contributed by atoms with Gasteiger partial charge in [-0.05, 0) is 26.3 Å². The van der Waals surface area contributed by atoms with Crippen molar-refractivity contribution in [2.45, 2.75) is 45.8 Å². The predicted molar refractivity (Wildman–Crippen MR) is 94.5 cm³/mol. The number of benzene rings is 1. The molecule has 0 aliphatic carbocycles. The van der Waals surface area contributed by atoms with E-state index in [1.54, 1.807) is 20.8 Å². The summed E-state index contributed by atoms with van der Waals surface area (Å²) < 4.78 is 5.35. The van der Waals surface area contributed by atoms with E-state index in [4.69, 9.17) is 4.74 Å². The van der Waals surface area contributed by atoms with Gasteiger partial charge < -0.3 is 4.74 Å². The quantitative estimate of drug-likeness (QED) is 0.843. The summed E-state index contributed by atoms with van der Waals surface area (Å²) in [5.41, 5.74) is 2.71. The minimum absolute atomic E-state index is 0.300. The van der Waals surface area contributed by atoms with Gasteiger partial charge in [-0.1, -0.05) is 30.3 Å². The highest BCUT2D eigenvalue weighted by Gasteiger charge is 2.31. The number of rotatable bonds is 4. The number of carbonyl (C=O) groups is 3. The van der Waals surface area contributed by atoms with Crippen LogP contribution < -0.4 is 5.43 Å². The average Bonchev–Trinajstić information content (AvgIpc) is 2.51. The molecule has 0 radical (unpaired) electrons. The van der Waals surface area contributed by atoms with Crippen molar-refractivity contribution in [1.29, 1.82) is 0 Å². The van der Waals surface area contributed by atoms with E-state index in [1.165, 1.54) is 25.9 Å². The zero-order chi connectivity index (χ0) is 19.2. The van der Waals surface area contributed by atoms with Crippen molar-refractivity contribution in [3.63, 3.8) is 0 Å². The van der Waals surface area contributed by atoms with Gasteiger partial charge in [-0.25, -0.2) is 4.79 Å². The lowest BCUT2D eigenvalue weighted by atomic mass is 10.0. The topological polar surface area (TPSA) is 79.0 Å². The Kier molecular flexibility index (Phi) is 6.97. The fourth-order valence-corrected chi connectivity index (χ4v) is 2.02. The molecule has 3 amide bonds. The molecule has 0 heterocycles. The molecule has 1 aromatic carbocycles. The third-order valence-electron chi connectivity index (χ3n) is 3.47.